The van der Waals surface area contributed by atoms with Crippen molar-refractivity contribution in [2.75, 3.05) is 6.54 Å². The van der Waals surface area contributed by atoms with Crippen molar-refractivity contribution in [3.63, 3.8) is 0 Å². The van der Waals surface area contributed by atoms with E-state index in [4.69, 9.17) is 5.73 Å². The Balaban J connectivity index is 0.00000144. The maximum atomic E-state index is 12.3. The molecular weight excluding hydrogens is 357 g/mol. The third kappa shape index (κ3) is 3.95. The minimum absolute atomic E-state index is 0. The lowest BCUT2D eigenvalue weighted by Gasteiger charge is -2.16. The summed E-state index contributed by atoms with van der Waals surface area (Å²) in [5, 5.41) is 3.13. The number of carbonyl (C=O) groups is 1. The van der Waals surface area contributed by atoms with Crippen LogP contribution in [0, 0.1) is 12.8 Å². The van der Waals surface area contributed by atoms with Crippen molar-refractivity contribution in [1.82, 2.24) is 20.3 Å². The van der Waals surface area contributed by atoms with Gasteiger partial charge >= 0.3 is 5.69 Å². The summed E-state index contributed by atoms with van der Waals surface area (Å²) < 4.78 is 0. The van der Waals surface area contributed by atoms with Gasteiger partial charge in [0.1, 0.15) is 11.3 Å². The normalized spacial score (nSPS) is 14.4. The number of halogens is 2. The summed E-state index contributed by atoms with van der Waals surface area (Å²) in [7, 11) is 0. The molecule has 1 aliphatic carbocycles. The van der Waals surface area contributed by atoms with Crippen LogP contribution in [-0.2, 0) is 0 Å². The number of nitrogens with zero attached hydrogens (tertiary/aromatic N) is 1. The SMILES string of the molecule is Cc1cc(C(=O)NC(CN)C2CC2)nc2[nH]c(=O)[nH]c(=O)c12.Cl.Cl. The number of aryl methyl sites for hydroxylation is 1. The van der Waals surface area contributed by atoms with E-state index in [1.54, 1.807) is 6.92 Å². The van der Waals surface area contributed by atoms with E-state index in [-0.39, 0.29) is 53.5 Å². The number of nitrogens with one attached hydrogen (secondary N) is 3. The Bertz CT molecular complexity index is 860. The maximum absolute atomic E-state index is 12.3. The molecule has 24 heavy (non-hydrogen) atoms. The first-order valence-electron chi connectivity index (χ1n) is 7.14. The molecule has 5 N–H and O–H groups in total. The standard InChI is InChI=1S/C14H17N5O3.2ClH/c1-6-4-8(12(20)17-9(5-15)7-2-3-7)16-11-10(6)13(21)19-14(22)18-11;;/h4,7,9H,2-3,5,15H2,1H3,(H,17,20)(H2,16,18,19,21,22);2*1H. The number of aromatic amines is 2. The van der Waals surface area contributed by atoms with Crippen molar-refractivity contribution in [2.24, 2.45) is 11.7 Å². The van der Waals surface area contributed by atoms with Gasteiger partial charge in [-0.05, 0) is 37.3 Å². The summed E-state index contributed by atoms with van der Waals surface area (Å²) in [4.78, 5) is 44.1. The quantitative estimate of drug-likeness (QED) is 0.606. The van der Waals surface area contributed by atoms with Crippen LogP contribution in [0.1, 0.15) is 28.9 Å². The van der Waals surface area contributed by atoms with Crippen LogP contribution in [0.3, 0.4) is 0 Å². The second-order valence-corrected chi connectivity index (χ2v) is 5.61. The number of pyridine rings is 1. The lowest BCUT2D eigenvalue weighted by Crippen LogP contribution is -2.42. The summed E-state index contributed by atoms with van der Waals surface area (Å²) in [6.45, 7) is 2.06. The first-order valence-corrected chi connectivity index (χ1v) is 7.14. The molecule has 1 unspecified atom stereocenters. The zero-order valence-electron chi connectivity index (χ0n) is 12.9. The second-order valence-electron chi connectivity index (χ2n) is 5.61. The number of rotatable bonds is 4. The number of aromatic nitrogens is 3. The predicted molar refractivity (Wildman–Crippen MR) is 95.2 cm³/mol. The number of carbonyl (C=O) groups excluding carboxylic acids is 1. The van der Waals surface area contributed by atoms with E-state index < -0.39 is 11.2 Å². The van der Waals surface area contributed by atoms with Gasteiger partial charge < -0.3 is 11.1 Å². The van der Waals surface area contributed by atoms with Gasteiger partial charge in [0.2, 0.25) is 0 Å². The van der Waals surface area contributed by atoms with Crippen LogP contribution in [0.15, 0.2) is 15.7 Å². The fraction of sp³-hybridized carbons (Fsp3) is 0.429. The summed E-state index contributed by atoms with van der Waals surface area (Å²) >= 11 is 0. The van der Waals surface area contributed by atoms with Crippen molar-refractivity contribution < 1.29 is 4.79 Å². The van der Waals surface area contributed by atoms with Gasteiger partial charge in [0.25, 0.3) is 11.5 Å². The minimum Gasteiger partial charge on any atom is -0.346 e. The van der Waals surface area contributed by atoms with Gasteiger partial charge in [0.15, 0.2) is 0 Å². The number of H-pyrrole nitrogens is 2. The predicted octanol–water partition coefficient (Wildman–Crippen LogP) is 0.231. The molecule has 2 aromatic heterocycles. The van der Waals surface area contributed by atoms with Crippen molar-refractivity contribution in [3.05, 3.63) is 38.2 Å². The molecule has 1 atom stereocenters. The average molecular weight is 376 g/mol. The van der Waals surface area contributed by atoms with E-state index in [0.717, 1.165) is 12.8 Å². The third-order valence-corrected chi connectivity index (χ3v) is 3.90. The molecule has 1 saturated carbocycles. The molecule has 0 radical (unpaired) electrons. The molecule has 2 heterocycles. The van der Waals surface area contributed by atoms with Gasteiger partial charge in [0.05, 0.1) is 5.39 Å². The fourth-order valence-corrected chi connectivity index (χ4v) is 2.58. The monoisotopic (exact) mass is 375 g/mol. The Morgan fingerprint density at radius 3 is 2.62 bits per heavy atom. The summed E-state index contributed by atoms with van der Waals surface area (Å²) in [5.41, 5.74) is 5.34. The van der Waals surface area contributed by atoms with Gasteiger partial charge in [-0.15, -0.1) is 24.8 Å². The van der Waals surface area contributed by atoms with Crippen molar-refractivity contribution in [2.45, 2.75) is 25.8 Å². The molecule has 0 aliphatic heterocycles. The van der Waals surface area contributed by atoms with Crippen LogP contribution in [0.5, 0.6) is 0 Å². The van der Waals surface area contributed by atoms with Crippen molar-refractivity contribution >= 4 is 41.8 Å². The summed E-state index contributed by atoms with van der Waals surface area (Å²) in [5.74, 6) is 0.0756. The molecule has 2 aromatic rings. The highest BCUT2D eigenvalue weighted by Crippen LogP contribution is 2.32. The average Bonchev–Trinajstić information content (AvgIpc) is 3.27. The summed E-state index contributed by atoms with van der Waals surface area (Å²) in [6.07, 6.45) is 2.13. The van der Waals surface area contributed by atoms with Crippen LogP contribution in [0.25, 0.3) is 11.0 Å². The van der Waals surface area contributed by atoms with Crippen molar-refractivity contribution in [3.8, 4) is 0 Å². The van der Waals surface area contributed by atoms with E-state index >= 15 is 0 Å². The highest BCUT2D eigenvalue weighted by atomic mass is 35.5. The van der Waals surface area contributed by atoms with Gasteiger partial charge in [-0.1, -0.05) is 0 Å². The fourth-order valence-electron chi connectivity index (χ4n) is 2.58. The molecule has 132 valence electrons. The van der Waals surface area contributed by atoms with E-state index in [0.29, 0.717) is 18.0 Å². The first-order chi connectivity index (χ1) is 10.5. The second kappa shape index (κ2) is 7.78. The molecule has 1 fully saturated rings. The molecule has 3 rings (SSSR count). The number of hydrogen-bond donors (Lipinski definition) is 4. The Labute approximate surface area is 149 Å². The van der Waals surface area contributed by atoms with E-state index in [1.807, 2.05) is 0 Å². The lowest BCUT2D eigenvalue weighted by atomic mass is 10.1. The highest BCUT2D eigenvalue weighted by Gasteiger charge is 2.31. The Morgan fingerprint density at radius 2 is 2.04 bits per heavy atom. The smallest absolute Gasteiger partial charge is 0.327 e. The van der Waals surface area contributed by atoms with E-state index in [1.165, 1.54) is 6.07 Å². The van der Waals surface area contributed by atoms with Crippen LogP contribution in [0.4, 0.5) is 0 Å². The molecule has 1 aliphatic rings. The molecular formula is C14H19Cl2N5O3. The zero-order valence-corrected chi connectivity index (χ0v) is 14.6. The van der Waals surface area contributed by atoms with Gasteiger partial charge in [-0.2, -0.15) is 0 Å². The Hall–Kier alpha value is -1.90. The maximum Gasteiger partial charge on any atom is 0.327 e. The van der Waals surface area contributed by atoms with Gasteiger partial charge in [0, 0.05) is 12.6 Å². The third-order valence-electron chi connectivity index (χ3n) is 3.90. The Morgan fingerprint density at radius 1 is 1.38 bits per heavy atom. The topological polar surface area (TPSA) is 134 Å². The molecule has 0 spiro atoms. The highest BCUT2D eigenvalue weighted by molar-refractivity contribution is 5.95. The lowest BCUT2D eigenvalue weighted by molar-refractivity contribution is 0.0928. The number of nitrogens with two attached hydrogens (primary N) is 1. The number of amides is 1. The van der Waals surface area contributed by atoms with E-state index in [9.17, 15) is 14.4 Å². The van der Waals surface area contributed by atoms with Crippen LogP contribution < -0.4 is 22.3 Å². The number of fused-ring (bicyclic) bond motifs is 1. The first kappa shape index (κ1) is 20.1. The van der Waals surface area contributed by atoms with Crippen LogP contribution >= 0.6 is 24.8 Å². The van der Waals surface area contributed by atoms with E-state index in [2.05, 4.69) is 20.3 Å². The Kier molecular flexibility index (Phi) is 6.53. The minimum atomic E-state index is -0.653. The molecule has 0 saturated heterocycles. The van der Waals surface area contributed by atoms with Crippen LogP contribution in [0.2, 0.25) is 0 Å². The van der Waals surface area contributed by atoms with Gasteiger partial charge in [-0.25, -0.2) is 9.78 Å². The molecule has 0 bridgehead atoms. The zero-order chi connectivity index (χ0) is 15.9. The summed E-state index contributed by atoms with van der Waals surface area (Å²) in [6, 6.07) is 1.47. The molecule has 8 nitrogen and oxygen atoms in total. The van der Waals surface area contributed by atoms with Gasteiger partial charge in [-0.3, -0.25) is 19.6 Å². The molecule has 1 amide bonds. The van der Waals surface area contributed by atoms with Crippen molar-refractivity contribution in [1.29, 1.82) is 0 Å². The van der Waals surface area contributed by atoms with Crippen LogP contribution in [-0.4, -0.2) is 33.4 Å². The molecule has 0 aromatic carbocycles. The largest absolute Gasteiger partial charge is 0.346 e. The molecule has 10 heteroatoms. The number of hydrogen-bond acceptors (Lipinski definition) is 5.